The quantitative estimate of drug-likeness (QED) is 0.135. The maximum Gasteiger partial charge on any atom is 0.424 e. The summed E-state index contributed by atoms with van der Waals surface area (Å²) in [7, 11) is 1.40. The van der Waals surface area contributed by atoms with Gasteiger partial charge in [0.15, 0.2) is 6.04 Å². The summed E-state index contributed by atoms with van der Waals surface area (Å²) in [6.07, 6.45) is -1.25. The molecule has 0 aliphatic carbocycles. The van der Waals surface area contributed by atoms with E-state index in [1.165, 1.54) is 14.0 Å². The van der Waals surface area contributed by atoms with Crippen LogP contribution in [-0.4, -0.2) is 106 Å². The van der Waals surface area contributed by atoms with E-state index in [-0.39, 0.29) is 5.75 Å². The number of amidine groups is 1. The van der Waals surface area contributed by atoms with Crippen LogP contribution in [-0.2, 0) is 28.8 Å². The molecule has 17 nitrogen and oxygen atoms in total. The molecule has 1 rings (SSSR count). The molecule has 0 radical (unpaired) electrons. The minimum Gasteiger partial charge on any atom is -0.480 e. The van der Waals surface area contributed by atoms with E-state index in [0.717, 1.165) is 0 Å². The fourth-order valence-corrected chi connectivity index (χ4v) is 4.50. The molecular weight excluding hydrogens is 516 g/mol. The molecule has 0 spiro atoms. The zero-order valence-corrected chi connectivity index (χ0v) is 20.9. The van der Waals surface area contributed by atoms with Crippen molar-refractivity contribution in [2.24, 2.45) is 11.5 Å². The van der Waals surface area contributed by atoms with E-state index in [4.69, 9.17) is 11.5 Å². The average Bonchev–Trinajstić information content (AvgIpc) is 2.80. The first-order chi connectivity index (χ1) is 17.3. The van der Waals surface area contributed by atoms with Crippen LogP contribution in [0.25, 0.3) is 0 Å². The lowest BCUT2D eigenvalue weighted by atomic mass is 10.1. The Balaban J connectivity index is 3.55. The van der Waals surface area contributed by atoms with Crippen molar-refractivity contribution in [2.75, 3.05) is 19.4 Å². The predicted molar refractivity (Wildman–Crippen MR) is 130 cm³/mol. The Labute approximate surface area is 214 Å². The number of amides is 5. The summed E-state index contributed by atoms with van der Waals surface area (Å²) in [5.74, 6) is -6.76. The topological polar surface area (TPSA) is 286 Å². The van der Waals surface area contributed by atoms with Gasteiger partial charge in [0.2, 0.25) is 29.5 Å². The SMILES string of the molecule is CNC1CSC(C(=O)O)C(CC(N)=O)NC(=[N+]=O)[C@H](CC(N)=O)NC(=O)[C@H](C)NC(=O)C(CO)NC1=O. The number of hydrogen-bond acceptors (Lipinski definition) is 10. The van der Waals surface area contributed by atoms with Crippen LogP contribution in [0.3, 0.4) is 0 Å². The summed E-state index contributed by atoms with van der Waals surface area (Å²) in [6.45, 7) is 0.425. The van der Waals surface area contributed by atoms with Gasteiger partial charge in [0.25, 0.3) is 0 Å². The summed E-state index contributed by atoms with van der Waals surface area (Å²) < 4.78 is 0. The normalized spacial score (nSPS) is 28.1. The maximum atomic E-state index is 12.7. The minimum atomic E-state index is -1.48. The van der Waals surface area contributed by atoms with Crippen molar-refractivity contribution in [1.29, 1.82) is 0 Å². The third-order valence-corrected chi connectivity index (χ3v) is 6.60. The number of hydrogen-bond donors (Lipinski definition) is 9. The van der Waals surface area contributed by atoms with Crippen LogP contribution < -0.4 is 42.9 Å². The molecule has 0 aromatic heterocycles. The molecule has 1 aliphatic heterocycles. The van der Waals surface area contributed by atoms with E-state index in [0.29, 0.717) is 11.8 Å². The molecule has 1 fully saturated rings. The van der Waals surface area contributed by atoms with Crippen molar-refractivity contribution in [3.8, 4) is 0 Å². The summed E-state index contributed by atoms with van der Waals surface area (Å²) in [6, 6.07) is -6.67. The Morgan fingerprint density at radius 2 is 1.59 bits per heavy atom. The molecule has 1 heterocycles. The monoisotopic (exact) mass is 547 g/mol. The third-order valence-electron chi connectivity index (χ3n) is 5.19. The fourth-order valence-electron chi connectivity index (χ4n) is 3.24. The molecule has 1 saturated heterocycles. The number of rotatable bonds is 7. The van der Waals surface area contributed by atoms with Gasteiger partial charge in [-0.25, -0.2) is 0 Å². The van der Waals surface area contributed by atoms with E-state index in [1.807, 2.05) is 0 Å². The van der Waals surface area contributed by atoms with Gasteiger partial charge in [-0.2, -0.15) is 0 Å². The number of carbonyl (C=O) groups is 6. The minimum absolute atomic E-state index is 0.197. The Bertz CT molecular complexity index is 958. The van der Waals surface area contributed by atoms with E-state index >= 15 is 0 Å². The molecule has 6 atom stereocenters. The van der Waals surface area contributed by atoms with E-state index in [9.17, 15) is 43.9 Å². The van der Waals surface area contributed by atoms with Gasteiger partial charge in [0, 0.05) is 10.7 Å². The molecule has 37 heavy (non-hydrogen) atoms. The Morgan fingerprint density at radius 3 is 2.08 bits per heavy atom. The number of aliphatic carboxylic acids is 1. The van der Waals surface area contributed by atoms with E-state index < -0.39 is 96.2 Å². The lowest BCUT2D eigenvalue weighted by Gasteiger charge is -2.26. The first kappa shape index (κ1) is 31.3. The van der Waals surface area contributed by atoms with Gasteiger partial charge < -0.3 is 42.9 Å². The molecule has 18 heteroatoms. The highest BCUT2D eigenvalue weighted by atomic mass is 32.2. The van der Waals surface area contributed by atoms with Gasteiger partial charge in [0.1, 0.15) is 23.4 Å². The number of nitrogens with two attached hydrogens (primary N) is 2. The number of primary amides is 2. The van der Waals surface area contributed by atoms with Crippen LogP contribution in [0.1, 0.15) is 19.8 Å². The second-order valence-electron chi connectivity index (χ2n) is 8.04. The van der Waals surface area contributed by atoms with Gasteiger partial charge >= 0.3 is 11.8 Å². The predicted octanol–water partition coefficient (Wildman–Crippen LogP) is -5.82. The zero-order chi connectivity index (χ0) is 28.3. The largest absolute Gasteiger partial charge is 0.480 e. The molecule has 0 bridgehead atoms. The van der Waals surface area contributed by atoms with Crippen molar-refractivity contribution in [3.05, 3.63) is 4.91 Å². The first-order valence-electron chi connectivity index (χ1n) is 10.9. The molecule has 0 aromatic carbocycles. The van der Waals surface area contributed by atoms with Crippen LogP contribution in [0.5, 0.6) is 0 Å². The first-order valence-corrected chi connectivity index (χ1v) is 12.0. The number of thioether (sulfide) groups is 1. The maximum absolute atomic E-state index is 12.7. The average molecular weight is 548 g/mol. The molecule has 0 aromatic rings. The number of nitroso groups, excluding NO2 is 1. The van der Waals surface area contributed by atoms with Crippen LogP contribution in [0.15, 0.2) is 0 Å². The smallest absolute Gasteiger partial charge is 0.424 e. The third kappa shape index (κ3) is 9.68. The fraction of sp³-hybridized carbons (Fsp3) is 0.632. The second kappa shape index (κ2) is 14.7. The summed E-state index contributed by atoms with van der Waals surface area (Å²) in [5, 5.41) is 29.9. The second-order valence-corrected chi connectivity index (χ2v) is 9.21. The number of carboxylic acid groups (broad SMARTS) is 1. The Kier molecular flexibility index (Phi) is 12.5. The summed E-state index contributed by atoms with van der Waals surface area (Å²) in [5.41, 5.74) is 10.5. The number of carbonyl (C=O) groups excluding carboxylic acids is 5. The number of likely N-dealkylation sites (N-methyl/N-ethyl adjacent to an activating group) is 1. The molecule has 1 aliphatic rings. The number of aliphatic hydroxyl groups excluding tert-OH is 1. The molecule has 4 unspecified atom stereocenters. The van der Waals surface area contributed by atoms with Crippen molar-refractivity contribution in [3.63, 3.8) is 0 Å². The van der Waals surface area contributed by atoms with Crippen LogP contribution in [0.4, 0.5) is 0 Å². The molecule has 5 amide bonds. The molecule has 11 N–H and O–H groups in total. The van der Waals surface area contributed by atoms with E-state index in [2.05, 4.69) is 31.4 Å². The Hall–Kier alpha value is -3.73. The van der Waals surface area contributed by atoms with Crippen molar-refractivity contribution in [2.45, 2.75) is 55.2 Å². The molecule has 0 saturated carbocycles. The zero-order valence-electron chi connectivity index (χ0n) is 20.1. The van der Waals surface area contributed by atoms with Gasteiger partial charge in [-0.15, -0.1) is 11.8 Å². The standard InChI is InChI=1S/C19H30N8O9S/c1-7-16(31)25-9(4-13(21)30)15(27-36)24-8(3-12(20)29)14(19(34)35)37-6-11(22-2)18(33)26-10(5-28)17(32)23-7/h7-11,14,22,28H,3-6H2,1-2H3,(H8,20,21,23,25,26,29,30,31,32,33,34,35)/p+1/t7-,8?,9-,10?,11?,14?/m0/s1. The van der Waals surface area contributed by atoms with Gasteiger partial charge in [-0.1, -0.05) is 0 Å². The number of aliphatic hydroxyl groups is 1. The van der Waals surface area contributed by atoms with Crippen molar-refractivity contribution < 1.29 is 39.0 Å². The Morgan fingerprint density at radius 1 is 1.00 bits per heavy atom. The summed E-state index contributed by atoms with van der Waals surface area (Å²) in [4.78, 5) is 87.7. The summed E-state index contributed by atoms with van der Waals surface area (Å²) >= 11 is 0.698. The van der Waals surface area contributed by atoms with Crippen LogP contribution in [0.2, 0.25) is 0 Å². The van der Waals surface area contributed by atoms with Crippen molar-refractivity contribution in [1.82, 2.24) is 31.4 Å². The van der Waals surface area contributed by atoms with Crippen LogP contribution in [0, 0.1) is 4.91 Å². The highest BCUT2D eigenvalue weighted by molar-refractivity contribution is 8.00. The van der Waals surface area contributed by atoms with E-state index in [1.54, 1.807) is 0 Å². The highest BCUT2D eigenvalue weighted by Gasteiger charge is 2.40. The lowest BCUT2D eigenvalue weighted by molar-refractivity contribution is -0.137. The van der Waals surface area contributed by atoms with Crippen LogP contribution >= 0.6 is 11.8 Å². The van der Waals surface area contributed by atoms with Gasteiger partial charge in [-0.05, 0) is 14.0 Å². The van der Waals surface area contributed by atoms with Gasteiger partial charge in [-0.3, -0.25) is 34.1 Å². The van der Waals surface area contributed by atoms with Gasteiger partial charge in [0.05, 0.1) is 30.3 Å². The molecular formula is C19H31N8O9S+. The number of nitrogens with one attached hydrogen (secondary N) is 5. The number of carboxylic acids is 1. The molecule has 206 valence electrons. The number of nitrogens with zero attached hydrogens (tertiary/aromatic N) is 1. The van der Waals surface area contributed by atoms with Crippen molar-refractivity contribution >= 4 is 53.1 Å². The highest BCUT2D eigenvalue weighted by Crippen LogP contribution is 2.20. The lowest BCUT2D eigenvalue weighted by Crippen LogP contribution is -2.60.